The number of aromatic amines is 1. The summed E-state index contributed by atoms with van der Waals surface area (Å²) in [5.74, 6) is -2.13. The molecular formula is C17H9ClN2O4S. The third-order valence-corrected chi connectivity index (χ3v) is 5.00. The van der Waals surface area contributed by atoms with Crippen molar-refractivity contribution in [2.45, 2.75) is 0 Å². The lowest BCUT2D eigenvalue weighted by atomic mass is 10.1. The van der Waals surface area contributed by atoms with Crippen LogP contribution in [0.15, 0.2) is 48.8 Å². The van der Waals surface area contributed by atoms with Gasteiger partial charge in [0.15, 0.2) is 0 Å². The number of carbonyl (C=O) groups is 3. The summed E-state index contributed by atoms with van der Waals surface area (Å²) in [6.45, 7) is 0. The van der Waals surface area contributed by atoms with Crippen molar-refractivity contribution in [1.82, 2.24) is 10.0 Å². The van der Waals surface area contributed by atoms with Crippen LogP contribution in [0.3, 0.4) is 0 Å². The Morgan fingerprint density at radius 1 is 1.00 bits per heavy atom. The van der Waals surface area contributed by atoms with E-state index in [2.05, 4.69) is 4.98 Å². The van der Waals surface area contributed by atoms with Crippen molar-refractivity contribution >= 4 is 40.7 Å². The number of imide groups is 1. The van der Waals surface area contributed by atoms with Crippen molar-refractivity contribution in [2.24, 2.45) is 0 Å². The van der Waals surface area contributed by atoms with Gasteiger partial charge in [-0.25, -0.2) is 4.79 Å². The Morgan fingerprint density at radius 3 is 2.28 bits per heavy atom. The molecule has 0 aliphatic carbocycles. The number of H-pyrrole nitrogens is 1. The van der Waals surface area contributed by atoms with E-state index in [9.17, 15) is 14.4 Å². The van der Waals surface area contributed by atoms with E-state index in [-0.39, 0.29) is 16.7 Å². The van der Waals surface area contributed by atoms with E-state index < -0.39 is 17.8 Å². The number of hydrogen-bond acceptors (Lipinski definition) is 5. The summed E-state index contributed by atoms with van der Waals surface area (Å²) in [7, 11) is 0. The normalized spacial score (nSPS) is 13.2. The lowest BCUT2D eigenvalue weighted by Crippen LogP contribution is -2.32. The van der Waals surface area contributed by atoms with Gasteiger partial charge in [0.05, 0.1) is 21.0 Å². The van der Waals surface area contributed by atoms with Gasteiger partial charge in [0.1, 0.15) is 0 Å². The largest absolute Gasteiger partial charge is 0.366 e. The molecule has 0 saturated carbocycles. The maximum Gasteiger partial charge on any atom is 0.366 e. The highest BCUT2D eigenvalue weighted by molar-refractivity contribution is 7.19. The maximum absolute atomic E-state index is 12.5. The van der Waals surface area contributed by atoms with Crippen LogP contribution in [0.5, 0.6) is 0 Å². The van der Waals surface area contributed by atoms with Gasteiger partial charge in [0, 0.05) is 22.8 Å². The van der Waals surface area contributed by atoms with Gasteiger partial charge in [-0.15, -0.1) is 11.3 Å². The van der Waals surface area contributed by atoms with Crippen LogP contribution in [0.1, 0.15) is 31.1 Å². The number of nitrogens with zero attached hydrogens (tertiary/aromatic N) is 1. The molecule has 0 unspecified atom stereocenters. The molecule has 4 rings (SSSR count). The molecule has 0 atom stereocenters. The quantitative estimate of drug-likeness (QED) is 0.710. The summed E-state index contributed by atoms with van der Waals surface area (Å²) in [5.41, 5.74) is 1.20. The Hall–Kier alpha value is -2.90. The maximum atomic E-state index is 12.5. The fraction of sp³-hybridized carbons (Fsp3) is 0. The fourth-order valence-electron chi connectivity index (χ4n) is 2.58. The number of rotatable bonds is 3. The zero-order valence-electron chi connectivity index (χ0n) is 12.5. The number of halogens is 1. The molecule has 1 aromatic carbocycles. The molecule has 0 spiro atoms. The van der Waals surface area contributed by atoms with Crippen LogP contribution in [-0.4, -0.2) is 27.8 Å². The number of hydroxylamine groups is 2. The first-order valence-corrected chi connectivity index (χ1v) is 8.38. The monoisotopic (exact) mass is 372 g/mol. The lowest BCUT2D eigenvalue weighted by Gasteiger charge is -2.12. The van der Waals surface area contributed by atoms with E-state index in [1.165, 1.54) is 29.7 Å². The second-order valence-corrected chi connectivity index (χ2v) is 6.93. The highest BCUT2D eigenvalue weighted by Gasteiger charge is 2.39. The molecule has 1 aliphatic heterocycles. The topological polar surface area (TPSA) is 79.5 Å². The number of amides is 2. The van der Waals surface area contributed by atoms with Crippen molar-refractivity contribution in [2.75, 3.05) is 0 Å². The van der Waals surface area contributed by atoms with E-state index in [0.29, 0.717) is 15.0 Å². The summed E-state index contributed by atoms with van der Waals surface area (Å²) in [4.78, 5) is 45.7. The Labute approximate surface area is 150 Å². The number of nitrogens with one attached hydrogen (secondary N) is 1. The minimum atomic E-state index is -0.810. The van der Waals surface area contributed by atoms with E-state index >= 15 is 0 Å². The first-order valence-electron chi connectivity index (χ1n) is 7.19. The number of aromatic nitrogens is 1. The van der Waals surface area contributed by atoms with Crippen LogP contribution >= 0.6 is 22.9 Å². The Balaban J connectivity index is 1.61. The standard InChI is InChI=1S/C17H9ClN2O4S/c18-14-6-5-13(25-14)11-7-19-8-12(11)17(23)24-20-15(21)9-3-1-2-4-10(9)16(20)22/h1-8,19H. The zero-order chi connectivity index (χ0) is 17.6. The molecule has 1 N–H and O–H groups in total. The molecular weight excluding hydrogens is 364 g/mol. The highest BCUT2D eigenvalue weighted by Crippen LogP contribution is 2.33. The average molecular weight is 373 g/mol. The Morgan fingerprint density at radius 2 is 1.68 bits per heavy atom. The molecule has 0 fully saturated rings. The molecule has 25 heavy (non-hydrogen) atoms. The summed E-state index contributed by atoms with van der Waals surface area (Å²) in [6.07, 6.45) is 3.07. The van der Waals surface area contributed by atoms with E-state index in [0.717, 1.165) is 4.88 Å². The van der Waals surface area contributed by atoms with Gasteiger partial charge in [0.25, 0.3) is 11.8 Å². The molecule has 0 radical (unpaired) electrons. The predicted molar refractivity (Wildman–Crippen MR) is 91.5 cm³/mol. The van der Waals surface area contributed by atoms with Crippen molar-refractivity contribution in [3.05, 3.63) is 69.8 Å². The van der Waals surface area contributed by atoms with Crippen molar-refractivity contribution in [1.29, 1.82) is 0 Å². The minimum absolute atomic E-state index is 0.204. The van der Waals surface area contributed by atoms with Crippen molar-refractivity contribution < 1.29 is 19.2 Å². The second-order valence-electron chi connectivity index (χ2n) is 5.22. The van der Waals surface area contributed by atoms with Gasteiger partial charge in [-0.3, -0.25) is 9.59 Å². The van der Waals surface area contributed by atoms with Crippen molar-refractivity contribution in [3.63, 3.8) is 0 Å². The van der Waals surface area contributed by atoms with Gasteiger partial charge in [-0.1, -0.05) is 28.8 Å². The fourth-order valence-corrected chi connectivity index (χ4v) is 3.65. The molecule has 3 aromatic rings. The molecule has 124 valence electrons. The van der Waals surface area contributed by atoms with E-state index in [4.69, 9.17) is 16.4 Å². The molecule has 0 saturated heterocycles. The Kier molecular flexibility index (Phi) is 3.67. The highest BCUT2D eigenvalue weighted by atomic mass is 35.5. The molecule has 2 amide bonds. The number of benzene rings is 1. The molecule has 8 heteroatoms. The van der Waals surface area contributed by atoms with E-state index in [1.807, 2.05) is 0 Å². The third kappa shape index (κ3) is 2.54. The average Bonchev–Trinajstić information content (AvgIpc) is 3.31. The number of fused-ring (bicyclic) bond motifs is 1. The number of carbonyl (C=O) groups excluding carboxylic acids is 3. The first kappa shape index (κ1) is 15.6. The first-order chi connectivity index (χ1) is 12.1. The SMILES string of the molecule is O=C(ON1C(=O)c2ccccc2C1=O)c1c[nH]cc1-c1ccc(Cl)s1. The zero-order valence-corrected chi connectivity index (χ0v) is 14.1. The van der Waals surface area contributed by atoms with Gasteiger partial charge < -0.3 is 9.82 Å². The van der Waals surface area contributed by atoms with Crippen LogP contribution in [0, 0.1) is 0 Å². The van der Waals surface area contributed by atoms with Crippen LogP contribution in [-0.2, 0) is 4.84 Å². The molecule has 3 heterocycles. The number of thiophene rings is 1. The summed E-state index contributed by atoms with van der Waals surface area (Å²) >= 11 is 7.23. The molecule has 1 aliphatic rings. The van der Waals surface area contributed by atoms with Crippen LogP contribution in [0.25, 0.3) is 10.4 Å². The van der Waals surface area contributed by atoms with E-state index in [1.54, 1.807) is 30.5 Å². The van der Waals surface area contributed by atoms with Crippen LogP contribution < -0.4 is 0 Å². The Bertz CT molecular complexity index is 988. The second kappa shape index (κ2) is 5.87. The van der Waals surface area contributed by atoms with Crippen LogP contribution in [0.4, 0.5) is 0 Å². The molecule has 6 nitrogen and oxygen atoms in total. The minimum Gasteiger partial charge on any atom is -0.366 e. The third-order valence-electron chi connectivity index (χ3n) is 3.74. The van der Waals surface area contributed by atoms with Crippen LogP contribution in [0.2, 0.25) is 4.34 Å². The van der Waals surface area contributed by atoms with Gasteiger partial charge in [0.2, 0.25) is 0 Å². The summed E-state index contributed by atoms with van der Waals surface area (Å²) in [5, 5.41) is 0.491. The predicted octanol–water partition coefficient (Wildman–Crippen LogP) is 3.76. The summed E-state index contributed by atoms with van der Waals surface area (Å²) in [6, 6.07) is 9.79. The summed E-state index contributed by atoms with van der Waals surface area (Å²) < 4.78 is 0.580. The van der Waals surface area contributed by atoms with Gasteiger partial charge in [-0.2, -0.15) is 0 Å². The van der Waals surface area contributed by atoms with Gasteiger partial charge in [-0.05, 0) is 24.3 Å². The molecule has 2 aromatic heterocycles. The smallest absolute Gasteiger partial charge is 0.366 e. The van der Waals surface area contributed by atoms with Crippen molar-refractivity contribution in [3.8, 4) is 10.4 Å². The lowest BCUT2D eigenvalue weighted by molar-refractivity contribution is -0.0583. The molecule has 0 bridgehead atoms. The van der Waals surface area contributed by atoms with Gasteiger partial charge >= 0.3 is 5.97 Å². The number of hydrogen-bond donors (Lipinski definition) is 1.